The van der Waals surface area contributed by atoms with Crippen LogP contribution in [0, 0.1) is 19.8 Å². The van der Waals surface area contributed by atoms with E-state index < -0.39 is 0 Å². The van der Waals surface area contributed by atoms with Gasteiger partial charge in [-0.2, -0.15) is 11.9 Å². The largest absolute Gasteiger partial charge is 0.444 e. The molecule has 0 unspecified atom stereocenters. The van der Waals surface area contributed by atoms with Gasteiger partial charge in [0.05, 0.1) is 5.52 Å². The van der Waals surface area contributed by atoms with Crippen molar-refractivity contribution in [3.05, 3.63) is 66.4 Å². The van der Waals surface area contributed by atoms with E-state index >= 15 is 0 Å². The van der Waals surface area contributed by atoms with Crippen LogP contribution in [0.3, 0.4) is 0 Å². The van der Waals surface area contributed by atoms with E-state index in [2.05, 4.69) is 66.5 Å². The summed E-state index contributed by atoms with van der Waals surface area (Å²) in [7, 11) is 0. The summed E-state index contributed by atoms with van der Waals surface area (Å²) >= 11 is 1.91. The smallest absolute Gasteiger partial charge is 0.228 e. The summed E-state index contributed by atoms with van der Waals surface area (Å²) in [4.78, 5) is 13.5. The molecule has 0 spiro atoms. The molecule has 0 aliphatic carbocycles. The molecule has 3 aromatic rings. The number of thioether (sulfide) groups is 1. The van der Waals surface area contributed by atoms with E-state index in [4.69, 9.17) is 14.7 Å². The number of nitrogens with zero attached hydrogens (tertiary/aromatic N) is 3. The van der Waals surface area contributed by atoms with Gasteiger partial charge in [0.15, 0.2) is 0 Å². The molecule has 1 fully saturated rings. The summed E-state index contributed by atoms with van der Waals surface area (Å²) < 4.78 is 5.28. The minimum absolute atomic E-state index is 0. The van der Waals surface area contributed by atoms with Gasteiger partial charge in [-0.05, 0) is 30.7 Å². The third-order valence-corrected chi connectivity index (χ3v) is 6.29. The summed E-state index contributed by atoms with van der Waals surface area (Å²) in [5.41, 5.74) is 3.54. The summed E-state index contributed by atoms with van der Waals surface area (Å²) in [6.07, 6.45) is 0. The molecule has 0 bridgehead atoms. The van der Waals surface area contributed by atoms with Crippen LogP contribution in [-0.4, -0.2) is 42.0 Å². The number of ether oxygens (including phenoxy) is 1. The van der Waals surface area contributed by atoms with Crippen molar-refractivity contribution in [1.29, 1.82) is 0 Å². The molecule has 7 heteroatoms. The molecular formula is C24H28N4OSY-2. The van der Waals surface area contributed by atoms with Crippen LogP contribution in [0.1, 0.15) is 18.1 Å². The van der Waals surface area contributed by atoms with Crippen LogP contribution in [0.4, 0.5) is 11.8 Å². The second-order valence-corrected chi connectivity index (χ2v) is 8.50. The fourth-order valence-electron chi connectivity index (χ4n) is 3.56. The minimum Gasteiger partial charge on any atom is -0.444 e. The molecule has 31 heavy (non-hydrogen) atoms. The number of aryl methyl sites for hydroxylation is 1. The Hall–Kier alpha value is -1.21. The van der Waals surface area contributed by atoms with Crippen LogP contribution >= 0.6 is 11.8 Å². The van der Waals surface area contributed by atoms with Crippen molar-refractivity contribution in [2.75, 3.05) is 42.3 Å². The van der Waals surface area contributed by atoms with Gasteiger partial charge in [0.1, 0.15) is 5.82 Å². The Morgan fingerprint density at radius 3 is 2.74 bits per heavy atom. The van der Waals surface area contributed by atoms with Gasteiger partial charge < -0.3 is 21.9 Å². The molecular weight excluding hydrogens is 481 g/mol. The molecule has 5 nitrogen and oxygen atoms in total. The van der Waals surface area contributed by atoms with E-state index in [1.165, 1.54) is 21.9 Å². The molecule has 1 N–H and O–H groups in total. The SMILES string of the molecule is Cc1ccc2nc(N3CCSc4ccccc4C3)nc(NC[C-]3COC3)c2c1.[CH2-]C.[Y]. The van der Waals surface area contributed by atoms with Crippen molar-refractivity contribution in [2.45, 2.75) is 25.3 Å². The number of rotatable bonds is 4. The second-order valence-electron chi connectivity index (χ2n) is 7.37. The normalized spacial score (nSPS) is 15.6. The van der Waals surface area contributed by atoms with Crippen LogP contribution in [-0.2, 0) is 44.0 Å². The number of hydrogen-bond donors (Lipinski definition) is 1. The average Bonchev–Trinajstić information content (AvgIpc) is 2.96. The maximum Gasteiger partial charge on any atom is 0.228 e. The standard InChI is InChI=1S/C22H23N4OS.C2H5.Y/c1-15-6-7-19-18(10-15)21(23-11-16-13-27-14-16)25-22(24-19)26-8-9-28-20-5-3-2-4-17(20)12-26;1-2;/h2-7,10H,8-9,11-14H2,1H3,(H,23,24,25);1H2,2H3;/q2*-1;. The molecule has 1 aromatic heterocycles. The fraction of sp³-hybridized carbons (Fsp3) is 0.333. The summed E-state index contributed by atoms with van der Waals surface area (Å²) in [5, 5.41) is 4.61. The van der Waals surface area contributed by atoms with Gasteiger partial charge in [-0.1, -0.05) is 43.0 Å². The molecule has 0 saturated carbocycles. The zero-order valence-corrected chi connectivity index (χ0v) is 21.9. The molecule has 2 aromatic carbocycles. The topological polar surface area (TPSA) is 50.3 Å². The molecule has 2 aliphatic heterocycles. The van der Waals surface area contributed by atoms with Crippen molar-refractivity contribution < 1.29 is 37.4 Å². The van der Waals surface area contributed by atoms with Crippen molar-refractivity contribution in [2.24, 2.45) is 0 Å². The molecule has 1 radical (unpaired) electrons. The molecule has 0 atom stereocenters. The number of nitrogens with one attached hydrogen (secondary N) is 1. The average molecular weight is 509 g/mol. The minimum atomic E-state index is 0. The van der Waals surface area contributed by atoms with Gasteiger partial charge in [0.25, 0.3) is 0 Å². The van der Waals surface area contributed by atoms with Crippen LogP contribution in [0.5, 0.6) is 0 Å². The predicted molar refractivity (Wildman–Crippen MR) is 126 cm³/mol. The first-order chi connectivity index (χ1) is 14.8. The summed E-state index contributed by atoms with van der Waals surface area (Å²) in [6, 6.07) is 15.0. The fourth-order valence-corrected chi connectivity index (χ4v) is 4.58. The van der Waals surface area contributed by atoms with Gasteiger partial charge in [0, 0.05) is 61.8 Å². The molecule has 161 valence electrons. The summed E-state index contributed by atoms with van der Waals surface area (Å²) in [5.74, 6) is 4.12. The van der Waals surface area contributed by atoms with Gasteiger partial charge in [-0.3, -0.25) is 0 Å². The maximum absolute atomic E-state index is 5.28. The number of aromatic nitrogens is 2. The Morgan fingerprint density at radius 2 is 1.97 bits per heavy atom. The van der Waals surface area contributed by atoms with E-state index in [1.54, 1.807) is 6.92 Å². The third-order valence-electron chi connectivity index (χ3n) is 5.19. The van der Waals surface area contributed by atoms with Crippen LogP contribution in [0.25, 0.3) is 10.9 Å². The monoisotopic (exact) mass is 509 g/mol. The van der Waals surface area contributed by atoms with Crippen LogP contribution in [0.15, 0.2) is 47.4 Å². The molecule has 3 heterocycles. The number of hydrogen-bond acceptors (Lipinski definition) is 6. The Bertz CT molecular complexity index is 1010. The first-order valence-electron chi connectivity index (χ1n) is 10.4. The van der Waals surface area contributed by atoms with Crippen molar-refractivity contribution in [3.63, 3.8) is 0 Å². The first kappa shape index (κ1) is 24.4. The van der Waals surface area contributed by atoms with Gasteiger partial charge in [-0.25, -0.2) is 10.9 Å². The Kier molecular flexibility index (Phi) is 9.14. The maximum atomic E-state index is 5.28. The van der Waals surface area contributed by atoms with E-state index in [9.17, 15) is 0 Å². The Labute approximate surface area is 214 Å². The molecule has 5 rings (SSSR count). The van der Waals surface area contributed by atoms with Gasteiger partial charge in [-0.15, -0.1) is 18.3 Å². The van der Waals surface area contributed by atoms with E-state index in [0.717, 1.165) is 61.3 Å². The third kappa shape index (κ3) is 5.78. The van der Waals surface area contributed by atoms with E-state index in [-0.39, 0.29) is 32.7 Å². The quantitative estimate of drug-likeness (QED) is 0.505. The molecule has 2 aliphatic rings. The number of anilines is 2. The Morgan fingerprint density at radius 1 is 1.16 bits per heavy atom. The Balaban J connectivity index is 0.000000883. The molecule has 1 saturated heterocycles. The van der Waals surface area contributed by atoms with Gasteiger partial charge in [0.2, 0.25) is 5.95 Å². The second kappa shape index (κ2) is 11.6. The zero-order valence-electron chi connectivity index (χ0n) is 18.2. The predicted octanol–water partition coefficient (Wildman–Crippen LogP) is 4.91. The van der Waals surface area contributed by atoms with Gasteiger partial charge >= 0.3 is 0 Å². The summed E-state index contributed by atoms with van der Waals surface area (Å²) in [6.45, 7) is 11.2. The van der Waals surface area contributed by atoms with Crippen LogP contribution < -0.4 is 10.2 Å². The first-order valence-corrected chi connectivity index (χ1v) is 11.3. The van der Waals surface area contributed by atoms with Crippen molar-refractivity contribution in [3.8, 4) is 0 Å². The van der Waals surface area contributed by atoms with Crippen LogP contribution in [0.2, 0.25) is 0 Å². The van der Waals surface area contributed by atoms with Crippen molar-refractivity contribution in [1.82, 2.24) is 9.97 Å². The van der Waals surface area contributed by atoms with Crippen molar-refractivity contribution >= 4 is 34.4 Å². The zero-order chi connectivity index (χ0) is 20.9. The van der Waals surface area contributed by atoms with E-state index in [1.807, 2.05) is 11.8 Å². The number of fused-ring (bicyclic) bond motifs is 2. The number of benzene rings is 2. The molecule has 0 amide bonds. The van der Waals surface area contributed by atoms with E-state index in [0.29, 0.717) is 0 Å².